The minimum absolute atomic E-state index is 0.278. The highest BCUT2D eigenvalue weighted by molar-refractivity contribution is 9.10. The van der Waals surface area contributed by atoms with E-state index in [9.17, 15) is 0 Å². The summed E-state index contributed by atoms with van der Waals surface area (Å²) in [6.07, 6.45) is 3.50. The lowest BCUT2D eigenvalue weighted by molar-refractivity contribution is 0.291. The zero-order valence-electron chi connectivity index (χ0n) is 8.77. The summed E-state index contributed by atoms with van der Waals surface area (Å²) in [5, 5.41) is 0. The fourth-order valence-electron chi connectivity index (χ4n) is 1.43. The van der Waals surface area contributed by atoms with Gasteiger partial charge in [-0.15, -0.1) is 0 Å². The van der Waals surface area contributed by atoms with Crippen LogP contribution in [0.2, 0.25) is 0 Å². The summed E-state index contributed by atoms with van der Waals surface area (Å²) in [4.78, 5) is 8.57. The standard InChI is InChI=1S/C11H13BrN2O/c1-7(2)10-6-15-11(14-10)8-3-4-13-5-9(8)12/h3-5,7,10H,6H2,1-2H3/t10-/m1/s1. The van der Waals surface area contributed by atoms with E-state index in [0.717, 1.165) is 15.9 Å². The van der Waals surface area contributed by atoms with Crippen LogP contribution >= 0.6 is 15.9 Å². The summed E-state index contributed by atoms with van der Waals surface area (Å²) in [7, 11) is 0. The molecule has 0 bridgehead atoms. The molecule has 0 unspecified atom stereocenters. The first-order valence-electron chi connectivity index (χ1n) is 4.99. The van der Waals surface area contributed by atoms with E-state index >= 15 is 0 Å². The molecule has 0 saturated heterocycles. The molecule has 0 amide bonds. The Morgan fingerprint density at radius 2 is 2.33 bits per heavy atom. The number of pyridine rings is 1. The van der Waals surface area contributed by atoms with Crippen molar-refractivity contribution in [1.29, 1.82) is 0 Å². The average Bonchev–Trinajstić information content (AvgIpc) is 2.67. The Bertz CT molecular complexity index is 390. The normalized spacial score (nSPS) is 20.3. The van der Waals surface area contributed by atoms with Gasteiger partial charge in [-0.1, -0.05) is 13.8 Å². The van der Waals surface area contributed by atoms with Gasteiger partial charge in [-0.05, 0) is 27.9 Å². The molecule has 15 heavy (non-hydrogen) atoms. The lowest BCUT2D eigenvalue weighted by Crippen LogP contribution is -2.13. The third kappa shape index (κ3) is 2.20. The van der Waals surface area contributed by atoms with Crippen molar-refractivity contribution in [2.45, 2.75) is 19.9 Å². The van der Waals surface area contributed by atoms with Crippen molar-refractivity contribution in [1.82, 2.24) is 4.98 Å². The van der Waals surface area contributed by atoms with Crippen LogP contribution in [0, 0.1) is 5.92 Å². The van der Waals surface area contributed by atoms with Gasteiger partial charge in [0.25, 0.3) is 0 Å². The molecule has 1 aromatic rings. The smallest absolute Gasteiger partial charge is 0.217 e. The molecular formula is C11H13BrN2O. The van der Waals surface area contributed by atoms with E-state index in [-0.39, 0.29) is 6.04 Å². The highest BCUT2D eigenvalue weighted by Gasteiger charge is 2.23. The zero-order valence-corrected chi connectivity index (χ0v) is 10.4. The van der Waals surface area contributed by atoms with Crippen LogP contribution in [0.3, 0.4) is 0 Å². The number of aliphatic imine (C=N–C) groups is 1. The summed E-state index contributed by atoms with van der Waals surface area (Å²) in [5.41, 5.74) is 0.980. The Morgan fingerprint density at radius 1 is 1.53 bits per heavy atom. The Balaban J connectivity index is 2.27. The fraction of sp³-hybridized carbons (Fsp3) is 0.455. The molecule has 0 fully saturated rings. The summed E-state index contributed by atoms with van der Waals surface area (Å²) in [5.74, 6) is 1.24. The molecule has 0 N–H and O–H groups in total. The highest BCUT2D eigenvalue weighted by atomic mass is 79.9. The van der Waals surface area contributed by atoms with Gasteiger partial charge in [-0.2, -0.15) is 0 Å². The second-order valence-corrected chi connectivity index (χ2v) is 4.77. The quantitative estimate of drug-likeness (QED) is 0.827. The highest BCUT2D eigenvalue weighted by Crippen LogP contribution is 2.22. The molecule has 2 rings (SSSR count). The predicted molar refractivity (Wildman–Crippen MR) is 63.1 cm³/mol. The topological polar surface area (TPSA) is 34.5 Å². The predicted octanol–water partition coefficient (Wildman–Crippen LogP) is 2.65. The van der Waals surface area contributed by atoms with Crippen LogP contribution in [-0.4, -0.2) is 23.5 Å². The number of nitrogens with zero attached hydrogens (tertiary/aromatic N) is 2. The molecule has 80 valence electrons. The van der Waals surface area contributed by atoms with Crippen molar-refractivity contribution in [3.8, 4) is 0 Å². The fourth-order valence-corrected chi connectivity index (χ4v) is 1.85. The monoisotopic (exact) mass is 268 g/mol. The van der Waals surface area contributed by atoms with Crippen molar-refractivity contribution in [3.05, 3.63) is 28.5 Å². The Hall–Kier alpha value is -0.900. The van der Waals surface area contributed by atoms with Gasteiger partial charge in [0.1, 0.15) is 6.61 Å². The van der Waals surface area contributed by atoms with E-state index in [0.29, 0.717) is 12.5 Å². The molecular weight excluding hydrogens is 256 g/mol. The average molecular weight is 269 g/mol. The number of halogens is 1. The molecule has 1 atom stereocenters. The van der Waals surface area contributed by atoms with Gasteiger partial charge < -0.3 is 4.74 Å². The van der Waals surface area contributed by atoms with E-state index in [1.54, 1.807) is 12.4 Å². The number of rotatable bonds is 2. The van der Waals surface area contributed by atoms with E-state index in [1.807, 2.05) is 6.07 Å². The molecule has 2 heterocycles. The molecule has 0 saturated carbocycles. The van der Waals surface area contributed by atoms with Crippen LogP contribution in [0.25, 0.3) is 0 Å². The van der Waals surface area contributed by atoms with Crippen LogP contribution in [-0.2, 0) is 4.74 Å². The van der Waals surface area contributed by atoms with Crippen LogP contribution in [0.5, 0.6) is 0 Å². The van der Waals surface area contributed by atoms with E-state index in [2.05, 4.69) is 39.8 Å². The van der Waals surface area contributed by atoms with Crippen molar-refractivity contribution >= 4 is 21.8 Å². The molecule has 3 nitrogen and oxygen atoms in total. The van der Waals surface area contributed by atoms with Crippen LogP contribution < -0.4 is 0 Å². The van der Waals surface area contributed by atoms with Crippen molar-refractivity contribution in [2.24, 2.45) is 10.9 Å². The number of ether oxygens (including phenoxy) is 1. The second kappa shape index (κ2) is 4.31. The zero-order chi connectivity index (χ0) is 10.8. The molecule has 0 spiro atoms. The first-order chi connectivity index (χ1) is 7.18. The Kier molecular flexibility index (Phi) is 3.05. The third-order valence-electron chi connectivity index (χ3n) is 2.45. The van der Waals surface area contributed by atoms with Crippen molar-refractivity contribution in [2.75, 3.05) is 6.61 Å². The molecule has 0 radical (unpaired) electrons. The first kappa shape index (κ1) is 10.6. The lowest BCUT2D eigenvalue weighted by Gasteiger charge is -2.06. The first-order valence-corrected chi connectivity index (χ1v) is 5.78. The maximum absolute atomic E-state index is 5.59. The van der Waals surface area contributed by atoms with Crippen LogP contribution in [0.4, 0.5) is 0 Å². The van der Waals surface area contributed by atoms with Gasteiger partial charge in [0.15, 0.2) is 0 Å². The van der Waals surface area contributed by atoms with Gasteiger partial charge in [0.2, 0.25) is 5.90 Å². The second-order valence-electron chi connectivity index (χ2n) is 3.91. The van der Waals surface area contributed by atoms with Crippen molar-refractivity contribution < 1.29 is 4.74 Å². The van der Waals surface area contributed by atoms with Gasteiger partial charge in [0.05, 0.1) is 11.6 Å². The Labute approximate surface area is 97.7 Å². The summed E-state index contributed by atoms with van der Waals surface area (Å²) < 4.78 is 6.51. The molecule has 0 aliphatic carbocycles. The molecule has 1 aliphatic rings. The van der Waals surface area contributed by atoms with E-state index in [1.165, 1.54) is 0 Å². The van der Waals surface area contributed by atoms with Gasteiger partial charge >= 0.3 is 0 Å². The molecule has 1 aromatic heterocycles. The molecule has 4 heteroatoms. The number of aromatic nitrogens is 1. The van der Waals surface area contributed by atoms with Crippen LogP contribution in [0.1, 0.15) is 19.4 Å². The number of hydrogen-bond acceptors (Lipinski definition) is 3. The summed E-state index contributed by atoms with van der Waals surface area (Å²) in [6, 6.07) is 2.19. The van der Waals surface area contributed by atoms with Crippen molar-refractivity contribution in [3.63, 3.8) is 0 Å². The number of hydrogen-bond donors (Lipinski definition) is 0. The van der Waals surface area contributed by atoms with Gasteiger partial charge in [-0.25, -0.2) is 4.99 Å². The third-order valence-corrected chi connectivity index (χ3v) is 3.08. The summed E-state index contributed by atoms with van der Waals surface area (Å²) in [6.45, 7) is 4.99. The van der Waals surface area contributed by atoms with Crippen LogP contribution in [0.15, 0.2) is 27.9 Å². The SMILES string of the molecule is CC(C)[C@H]1COC(c2ccncc2Br)=N1. The molecule has 1 aliphatic heterocycles. The minimum Gasteiger partial charge on any atom is -0.475 e. The summed E-state index contributed by atoms with van der Waals surface area (Å²) >= 11 is 3.44. The largest absolute Gasteiger partial charge is 0.475 e. The Morgan fingerprint density at radius 3 is 2.93 bits per heavy atom. The molecule has 0 aromatic carbocycles. The minimum atomic E-state index is 0.278. The maximum atomic E-state index is 5.59. The van der Waals surface area contributed by atoms with Gasteiger partial charge in [0, 0.05) is 16.9 Å². The maximum Gasteiger partial charge on any atom is 0.217 e. The van der Waals surface area contributed by atoms with E-state index < -0.39 is 0 Å². The van der Waals surface area contributed by atoms with E-state index in [4.69, 9.17) is 4.74 Å². The van der Waals surface area contributed by atoms with Gasteiger partial charge in [-0.3, -0.25) is 4.98 Å². The lowest BCUT2D eigenvalue weighted by atomic mass is 10.1.